The zero-order valence-corrected chi connectivity index (χ0v) is 13.6. The lowest BCUT2D eigenvalue weighted by atomic mass is 10.1. The highest BCUT2D eigenvalue weighted by Gasteiger charge is 2.24. The lowest BCUT2D eigenvalue weighted by Gasteiger charge is -2.23. The minimum absolute atomic E-state index is 0.105. The summed E-state index contributed by atoms with van der Waals surface area (Å²) in [5, 5.41) is 3.35. The van der Waals surface area contributed by atoms with E-state index in [9.17, 15) is 4.79 Å². The van der Waals surface area contributed by atoms with Gasteiger partial charge in [0.25, 0.3) is 5.91 Å². The van der Waals surface area contributed by atoms with E-state index in [0.717, 1.165) is 30.9 Å². The number of anilines is 1. The first-order valence-corrected chi connectivity index (χ1v) is 7.77. The van der Waals surface area contributed by atoms with Crippen molar-refractivity contribution in [3.63, 3.8) is 0 Å². The topological polar surface area (TPSA) is 35.6 Å². The van der Waals surface area contributed by atoms with Crippen LogP contribution in [0.1, 0.15) is 30.6 Å². The van der Waals surface area contributed by atoms with Crippen LogP contribution in [-0.2, 0) is 0 Å². The molecule has 1 N–H and O–H groups in total. The van der Waals surface area contributed by atoms with Crippen molar-refractivity contribution in [1.82, 2.24) is 9.80 Å². The number of rotatable bonds is 5. The molecule has 1 fully saturated rings. The second-order valence-corrected chi connectivity index (χ2v) is 6.45. The van der Waals surface area contributed by atoms with Gasteiger partial charge in [-0.1, -0.05) is 12.1 Å². The summed E-state index contributed by atoms with van der Waals surface area (Å²) in [6.45, 7) is 7.22. The van der Waals surface area contributed by atoms with Gasteiger partial charge in [-0.25, -0.2) is 0 Å². The first kappa shape index (κ1) is 15.8. The van der Waals surface area contributed by atoms with Gasteiger partial charge in [0.1, 0.15) is 0 Å². The normalized spacial score (nSPS) is 19.0. The Hall–Kier alpha value is -1.55. The van der Waals surface area contributed by atoms with Crippen molar-refractivity contribution in [2.45, 2.75) is 26.3 Å². The quantitative estimate of drug-likeness (QED) is 0.905. The summed E-state index contributed by atoms with van der Waals surface area (Å²) < 4.78 is 0. The van der Waals surface area contributed by atoms with Gasteiger partial charge in [0, 0.05) is 31.9 Å². The van der Waals surface area contributed by atoms with E-state index in [2.05, 4.69) is 31.1 Å². The van der Waals surface area contributed by atoms with Gasteiger partial charge in [-0.3, -0.25) is 4.79 Å². The fraction of sp³-hybridized carbons (Fsp3) is 0.588. The molecule has 2 rings (SSSR count). The molecule has 0 aromatic heterocycles. The maximum Gasteiger partial charge on any atom is 0.255 e. The zero-order valence-electron chi connectivity index (χ0n) is 13.6. The van der Waals surface area contributed by atoms with Gasteiger partial charge in [-0.15, -0.1) is 0 Å². The molecule has 1 heterocycles. The molecule has 0 bridgehead atoms. The number of carbonyl (C=O) groups is 1. The maximum absolute atomic E-state index is 12.7. The van der Waals surface area contributed by atoms with E-state index in [1.165, 1.54) is 6.42 Å². The van der Waals surface area contributed by atoms with Gasteiger partial charge in [-0.05, 0) is 51.9 Å². The molecule has 0 spiro atoms. The molecular formula is C17H27N3O. The molecule has 4 heteroatoms. The van der Waals surface area contributed by atoms with Crippen molar-refractivity contribution < 1.29 is 4.79 Å². The minimum Gasteiger partial charge on any atom is -0.382 e. The van der Waals surface area contributed by atoms with E-state index in [4.69, 9.17) is 0 Å². The third-order valence-corrected chi connectivity index (χ3v) is 3.97. The zero-order chi connectivity index (χ0) is 15.4. The Morgan fingerprint density at radius 2 is 2.14 bits per heavy atom. The smallest absolute Gasteiger partial charge is 0.255 e. The number of hydrogen-bond acceptors (Lipinski definition) is 3. The highest BCUT2D eigenvalue weighted by atomic mass is 16.2. The highest BCUT2D eigenvalue weighted by molar-refractivity contribution is 5.99. The number of likely N-dealkylation sites (tertiary alicyclic amines) is 1. The van der Waals surface area contributed by atoms with Crippen molar-refractivity contribution >= 4 is 11.6 Å². The van der Waals surface area contributed by atoms with Crippen molar-refractivity contribution in [2.75, 3.05) is 39.0 Å². The van der Waals surface area contributed by atoms with Crippen LogP contribution in [0.2, 0.25) is 0 Å². The molecule has 0 saturated carbocycles. The summed E-state index contributed by atoms with van der Waals surface area (Å²) in [6.07, 6.45) is 1.18. The van der Waals surface area contributed by atoms with E-state index >= 15 is 0 Å². The standard InChI is InChI=1S/C17H27N3O/c1-13(2)18-16-8-6-5-7-15(16)17(21)20(4)12-14-9-10-19(3)11-14/h5-8,13-14,18H,9-12H2,1-4H3. The van der Waals surface area contributed by atoms with E-state index < -0.39 is 0 Å². The Balaban J connectivity index is 2.05. The molecule has 1 aliphatic rings. The number of amides is 1. The molecule has 1 aromatic carbocycles. The van der Waals surface area contributed by atoms with Crippen LogP contribution in [0.15, 0.2) is 24.3 Å². The molecule has 1 saturated heterocycles. The number of nitrogens with one attached hydrogen (secondary N) is 1. The maximum atomic E-state index is 12.7. The van der Waals surface area contributed by atoms with Gasteiger partial charge in [-0.2, -0.15) is 0 Å². The van der Waals surface area contributed by atoms with Crippen molar-refractivity contribution in [3.05, 3.63) is 29.8 Å². The van der Waals surface area contributed by atoms with Crippen molar-refractivity contribution in [2.24, 2.45) is 5.92 Å². The Kier molecular flexibility index (Phi) is 5.23. The monoisotopic (exact) mass is 289 g/mol. The number of nitrogens with zero attached hydrogens (tertiary/aromatic N) is 2. The van der Waals surface area contributed by atoms with Crippen LogP contribution in [0, 0.1) is 5.92 Å². The van der Waals surface area contributed by atoms with Crippen LogP contribution >= 0.6 is 0 Å². The van der Waals surface area contributed by atoms with Gasteiger partial charge >= 0.3 is 0 Å². The van der Waals surface area contributed by atoms with Crippen LogP contribution in [0.3, 0.4) is 0 Å². The van der Waals surface area contributed by atoms with Crippen molar-refractivity contribution in [1.29, 1.82) is 0 Å². The fourth-order valence-corrected chi connectivity index (χ4v) is 2.96. The number of benzene rings is 1. The van der Waals surface area contributed by atoms with Crippen LogP contribution in [-0.4, -0.2) is 55.5 Å². The first-order valence-electron chi connectivity index (χ1n) is 7.77. The molecule has 21 heavy (non-hydrogen) atoms. The predicted octanol–water partition coefficient (Wildman–Crippen LogP) is 2.53. The van der Waals surface area contributed by atoms with E-state index in [0.29, 0.717) is 12.0 Å². The summed E-state index contributed by atoms with van der Waals surface area (Å²) in [4.78, 5) is 16.9. The summed E-state index contributed by atoms with van der Waals surface area (Å²) in [6, 6.07) is 8.09. The van der Waals surface area contributed by atoms with E-state index in [1.807, 2.05) is 36.2 Å². The molecular weight excluding hydrogens is 262 g/mol. The van der Waals surface area contributed by atoms with Crippen LogP contribution in [0.25, 0.3) is 0 Å². The summed E-state index contributed by atoms with van der Waals surface area (Å²) in [5.74, 6) is 0.697. The Labute approximate surface area is 128 Å². The van der Waals surface area contributed by atoms with Crippen LogP contribution in [0.5, 0.6) is 0 Å². The molecule has 1 amide bonds. The lowest BCUT2D eigenvalue weighted by Crippen LogP contribution is -2.33. The lowest BCUT2D eigenvalue weighted by molar-refractivity contribution is 0.0775. The molecule has 0 radical (unpaired) electrons. The molecule has 1 unspecified atom stereocenters. The van der Waals surface area contributed by atoms with E-state index in [1.54, 1.807) is 0 Å². The Bertz CT molecular complexity index is 487. The number of para-hydroxylation sites is 1. The largest absolute Gasteiger partial charge is 0.382 e. The molecule has 0 aliphatic carbocycles. The SMILES string of the molecule is CC(C)Nc1ccccc1C(=O)N(C)CC1CCN(C)C1. The third kappa shape index (κ3) is 4.21. The van der Waals surface area contributed by atoms with Crippen molar-refractivity contribution in [3.8, 4) is 0 Å². The van der Waals surface area contributed by atoms with Crippen LogP contribution < -0.4 is 5.32 Å². The van der Waals surface area contributed by atoms with Crippen LogP contribution in [0.4, 0.5) is 5.69 Å². The summed E-state index contributed by atoms with van der Waals surface area (Å²) >= 11 is 0. The predicted molar refractivity (Wildman–Crippen MR) is 87.8 cm³/mol. The Morgan fingerprint density at radius 3 is 2.76 bits per heavy atom. The summed E-state index contributed by atoms with van der Waals surface area (Å²) in [7, 11) is 4.05. The molecule has 1 aromatic rings. The summed E-state index contributed by atoms with van der Waals surface area (Å²) in [5.41, 5.74) is 1.69. The molecule has 4 nitrogen and oxygen atoms in total. The third-order valence-electron chi connectivity index (χ3n) is 3.97. The van der Waals surface area contributed by atoms with Gasteiger partial charge in [0.2, 0.25) is 0 Å². The highest BCUT2D eigenvalue weighted by Crippen LogP contribution is 2.20. The minimum atomic E-state index is 0.105. The fourth-order valence-electron chi connectivity index (χ4n) is 2.96. The Morgan fingerprint density at radius 1 is 1.43 bits per heavy atom. The average Bonchev–Trinajstić information content (AvgIpc) is 2.83. The van der Waals surface area contributed by atoms with E-state index in [-0.39, 0.29) is 5.91 Å². The number of carbonyl (C=O) groups excluding carboxylic acids is 1. The van der Waals surface area contributed by atoms with Gasteiger partial charge < -0.3 is 15.1 Å². The number of hydrogen-bond donors (Lipinski definition) is 1. The molecule has 116 valence electrons. The second-order valence-electron chi connectivity index (χ2n) is 6.45. The average molecular weight is 289 g/mol. The van der Waals surface area contributed by atoms with Gasteiger partial charge in [0.05, 0.1) is 5.56 Å². The second kappa shape index (κ2) is 6.94. The first-order chi connectivity index (χ1) is 9.97. The molecule has 1 atom stereocenters. The molecule has 1 aliphatic heterocycles. The van der Waals surface area contributed by atoms with Gasteiger partial charge in [0.15, 0.2) is 0 Å².